The Morgan fingerprint density at radius 1 is 1.27 bits per heavy atom. The maximum Gasteiger partial charge on any atom is 0.417 e. The highest BCUT2D eigenvalue weighted by atomic mass is 79.9. The molecular weight excluding hydrogens is 346 g/mol. The minimum atomic E-state index is -0.611. The van der Waals surface area contributed by atoms with E-state index in [1.54, 1.807) is 0 Å². The first-order valence-corrected chi connectivity index (χ1v) is 8.38. The van der Waals surface area contributed by atoms with Crippen LogP contribution in [-0.2, 0) is 21.5 Å². The predicted molar refractivity (Wildman–Crippen MR) is 86.5 cm³/mol. The zero-order chi connectivity index (χ0) is 16.1. The molecule has 22 heavy (non-hydrogen) atoms. The summed E-state index contributed by atoms with van der Waals surface area (Å²) < 4.78 is 6.53. The molecule has 1 saturated heterocycles. The average Bonchev–Trinajstić information content (AvgIpc) is 2.92. The number of amides is 2. The lowest BCUT2D eigenvalue weighted by Crippen LogP contribution is -2.48. The van der Waals surface area contributed by atoms with Crippen LogP contribution in [0.2, 0.25) is 0 Å². The SMILES string of the molecule is CC(C)(C)OC(=O)N1C(=O)CCC12CCc1c(Br)cccc12. The Kier molecular flexibility index (Phi) is 3.59. The number of hydrogen-bond acceptors (Lipinski definition) is 3. The van der Waals surface area contributed by atoms with Crippen LogP contribution in [-0.4, -0.2) is 22.5 Å². The molecule has 1 fully saturated rings. The summed E-state index contributed by atoms with van der Waals surface area (Å²) in [6, 6.07) is 6.00. The van der Waals surface area contributed by atoms with Gasteiger partial charge in [-0.1, -0.05) is 28.1 Å². The Morgan fingerprint density at radius 2 is 1.95 bits per heavy atom. The van der Waals surface area contributed by atoms with E-state index < -0.39 is 17.2 Å². The van der Waals surface area contributed by atoms with Crippen LogP contribution >= 0.6 is 15.9 Å². The molecule has 1 aliphatic heterocycles. The molecule has 118 valence electrons. The van der Waals surface area contributed by atoms with E-state index in [-0.39, 0.29) is 5.91 Å². The molecule has 1 atom stereocenters. The van der Waals surface area contributed by atoms with Gasteiger partial charge in [0.2, 0.25) is 5.91 Å². The van der Waals surface area contributed by atoms with E-state index in [1.807, 2.05) is 39.0 Å². The summed E-state index contributed by atoms with van der Waals surface area (Å²) in [4.78, 5) is 26.3. The van der Waals surface area contributed by atoms with Crippen molar-refractivity contribution in [2.75, 3.05) is 0 Å². The van der Waals surface area contributed by atoms with E-state index in [1.165, 1.54) is 10.5 Å². The fourth-order valence-corrected chi connectivity index (χ4v) is 4.13. The van der Waals surface area contributed by atoms with Crippen LogP contribution in [0.25, 0.3) is 0 Å². The van der Waals surface area contributed by atoms with Gasteiger partial charge in [-0.25, -0.2) is 9.69 Å². The van der Waals surface area contributed by atoms with Crippen LogP contribution in [0.1, 0.15) is 51.2 Å². The maximum absolute atomic E-state index is 12.6. The van der Waals surface area contributed by atoms with Crippen molar-refractivity contribution in [1.29, 1.82) is 0 Å². The summed E-state index contributed by atoms with van der Waals surface area (Å²) >= 11 is 3.58. The molecule has 0 aromatic heterocycles. The van der Waals surface area contributed by atoms with Crippen LogP contribution in [0.5, 0.6) is 0 Å². The van der Waals surface area contributed by atoms with Crippen molar-refractivity contribution < 1.29 is 14.3 Å². The van der Waals surface area contributed by atoms with E-state index in [2.05, 4.69) is 15.9 Å². The van der Waals surface area contributed by atoms with Crippen molar-refractivity contribution >= 4 is 27.9 Å². The molecule has 1 unspecified atom stereocenters. The highest BCUT2D eigenvalue weighted by Gasteiger charge is 2.54. The zero-order valence-electron chi connectivity index (χ0n) is 13.1. The van der Waals surface area contributed by atoms with Crippen LogP contribution < -0.4 is 0 Å². The van der Waals surface area contributed by atoms with Crippen LogP contribution in [0, 0.1) is 0 Å². The van der Waals surface area contributed by atoms with Crippen molar-refractivity contribution in [3.05, 3.63) is 33.8 Å². The van der Waals surface area contributed by atoms with Crippen LogP contribution in [0.15, 0.2) is 22.7 Å². The van der Waals surface area contributed by atoms with Gasteiger partial charge < -0.3 is 4.74 Å². The van der Waals surface area contributed by atoms with Gasteiger partial charge in [0, 0.05) is 10.9 Å². The standard InChI is InChI=1S/C17H20BrNO3/c1-16(2,3)22-15(21)19-14(20)8-10-17(19)9-7-11-12(17)5-4-6-13(11)18/h4-6H,7-10H2,1-3H3. The highest BCUT2D eigenvalue weighted by molar-refractivity contribution is 9.10. The number of carbonyl (C=O) groups is 2. The molecule has 1 aromatic rings. The second kappa shape index (κ2) is 5.08. The van der Waals surface area contributed by atoms with E-state index >= 15 is 0 Å². The predicted octanol–water partition coefficient (Wildman–Crippen LogP) is 4.15. The van der Waals surface area contributed by atoms with Crippen molar-refractivity contribution in [2.24, 2.45) is 0 Å². The average molecular weight is 366 g/mol. The van der Waals surface area contributed by atoms with E-state index in [0.717, 1.165) is 22.9 Å². The Bertz CT molecular complexity index is 650. The third kappa shape index (κ3) is 2.35. The van der Waals surface area contributed by atoms with Crippen LogP contribution in [0.3, 0.4) is 0 Å². The molecule has 3 rings (SSSR count). The maximum atomic E-state index is 12.6. The minimum absolute atomic E-state index is 0.137. The normalized spacial score (nSPS) is 24.0. The van der Waals surface area contributed by atoms with Crippen molar-refractivity contribution in [3.8, 4) is 0 Å². The lowest BCUT2D eigenvalue weighted by atomic mass is 9.89. The van der Waals surface area contributed by atoms with Gasteiger partial charge in [0.25, 0.3) is 0 Å². The molecule has 5 heteroatoms. The number of ether oxygens (including phenoxy) is 1. The molecule has 0 saturated carbocycles. The van der Waals surface area contributed by atoms with Gasteiger partial charge in [-0.15, -0.1) is 0 Å². The third-order valence-electron chi connectivity index (χ3n) is 4.41. The Hall–Kier alpha value is -1.36. The number of nitrogens with zero attached hydrogens (tertiary/aromatic N) is 1. The molecule has 1 spiro atoms. The summed E-state index contributed by atoms with van der Waals surface area (Å²) in [5.74, 6) is -0.137. The quantitative estimate of drug-likeness (QED) is 0.693. The first-order valence-electron chi connectivity index (χ1n) is 7.58. The monoisotopic (exact) mass is 365 g/mol. The number of halogens is 1. The first kappa shape index (κ1) is 15.5. The van der Waals surface area contributed by atoms with Crippen molar-refractivity contribution in [2.45, 2.75) is 57.6 Å². The summed E-state index contributed by atoms with van der Waals surface area (Å²) in [6.45, 7) is 5.45. The van der Waals surface area contributed by atoms with Crippen LogP contribution in [0.4, 0.5) is 4.79 Å². The molecule has 2 aliphatic rings. The van der Waals surface area contributed by atoms with E-state index in [4.69, 9.17) is 4.74 Å². The van der Waals surface area contributed by atoms with E-state index in [0.29, 0.717) is 12.8 Å². The van der Waals surface area contributed by atoms with Crippen molar-refractivity contribution in [1.82, 2.24) is 4.90 Å². The van der Waals surface area contributed by atoms with Gasteiger partial charge in [0.05, 0.1) is 5.54 Å². The molecule has 1 aromatic carbocycles. The van der Waals surface area contributed by atoms with Crippen molar-refractivity contribution in [3.63, 3.8) is 0 Å². The third-order valence-corrected chi connectivity index (χ3v) is 5.16. The summed E-state index contributed by atoms with van der Waals surface area (Å²) in [7, 11) is 0. The van der Waals surface area contributed by atoms with Gasteiger partial charge in [-0.05, 0) is 57.2 Å². The molecule has 1 heterocycles. The number of carbonyl (C=O) groups excluding carboxylic acids is 2. The topological polar surface area (TPSA) is 46.6 Å². The van der Waals surface area contributed by atoms with Gasteiger partial charge in [0.1, 0.15) is 5.60 Å². The zero-order valence-corrected chi connectivity index (χ0v) is 14.7. The number of hydrogen-bond donors (Lipinski definition) is 0. The van der Waals surface area contributed by atoms with Gasteiger partial charge in [-0.2, -0.15) is 0 Å². The number of rotatable bonds is 0. The molecule has 0 bridgehead atoms. The minimum Gasteiger partial charge on any atom is -0.443 e. The molecule has 1 aliphatic carbocycles. The largest absolute Gasteiger partial charge is 0.443 e. The fourth-order valence-electron chi connectivity index (χ4n) is 3.57. The smallest absolute Gasteiger partial charge is 0.417 e. The highest BCUT2D eigenvalue weighted by Crippen LogP contribution is 2.50. The molecule has 4 nitrogen and oxygen atoms in total. The van der Waals surface area contributed by atoms with E-state index in [9.17, 15) is 9.59 Å². The number of benzene rings is 1. The van der Waals surface area contributed by atoms with Gasteiger partial charge >= 0.3 is 6.09 Å². The Morgan fingerprint density at radius 3 is 2.64 bits per heavy atom. The second-order valence-corrected chi connectivity index (χ2v) is 7.86. The second-order valence-electron chi connectivity index (χ2n) is 7.01. The lowest BCUT2D eigenvalue weighted by molar-refractivity contribution is -0.130. The number of fused-ring (bicyclic) bond motifs is 2. The summed E-state index contributed by atoms with van der Waals surface area (Å²) in [6.07, 6.45) is 2.18. The first-order chi connectivity index (χ1) is 10.2. The summed E-state index contributed by atoms with van der Waals surface area (Å²) in [5.41, 5.74) is 1.14. The summed E-state index contributed by atoms with van der Waals surface area (Å²) in [5, 5.41) is 0. The molecule has 0 N–H and O–H groups in total. The Labute approximate surface area is 138 Å². The number of imide groups is 1. The van der Waals surface area contributed by atoms with Gasteiger partial charge in [0.15, 0.2) is 0 Å². The molecule has 0 radical (unpaired) electrons. The fraction of sp³-hybridized carbons (Fsp3) is 0.529. The van der Waals surface area contributed by atoms with Gasteiger partial charge in [-0.3, -0.25) is 4.79 Å². The Balaban J connectivity index is 2.03. The molecule has 2 amide bonds. The lowest BCUT2D eigenvalue weighted by Gasteiger charge is -2.35. The molecular formula is C17H20BrNO3. The number of likely N-dealkylation sites (tertiary alicyclic amines) is 1.